The summed E-state index contributed by atoms with van der Waals surface area (Å²) in [5.41, 5.74) is 1.95. The fraction of sp³-hybridized carbons (Fsp3) is 0.364. The topological polar surface area (TPSA) is 40.9 Å². The molecular formula is C11H13BrN4. The molecule has 84 valence electrons. The number of halogens is 1. The van der Waals surface area contributed by atoms with Gasteiger partial charge in [0.2, 0.25) is 0 Å². The molecule has 0 spiro atoms. The molecule has 0 saturated heterocycles. The van der Waals surface area contributed by atoms with E-state index in [0.29, 0.717) is 6.54 Å². The Hall–Kier alpha value is -1.23. The number of hydrogen-bond acceptors (Lipinski definition) is 4. The standard InChI is InChI=1S/C11H13BrN4/c1-3-9-7-14-11(16(2)15-9)10-5-4-8(12)6-13-10/h4-6H,3,7H2,1-2H3. The summed E-state index contributed by atoms with van der Waals surface area (Å²) in [5.74, 6) is 0.824. The Bertz CT molecular complexity index is 436. The number of nitrogens with zero attached hydrogens (tertiary/aromatic N) is 4. The summed E-state index contributed by atoms with van der Waals surface area (Å²) in [6, 6.07) is 3.89. The summed E-state index contributed by atoms with van der Waals surface area (Å²) >= 11 is 3.36. The van der Waals surface area contributed by atoms with E-state index in [-0.39, 0.29) is 0 Å². The maximum atomic E-state index is 4.50. The van der Waals surface area contributed by atoms with Gasteiger partial charge in [0.15, 0.2) is 5.84 Å². The summed E-state index contributed by atoms with van der Waals surface area (Å²) in [5, 5.41) is 6.24. The molecule has 0 unspecified atom stereocenters. The molecule has 0 atom stereocenters. The van der Waals surface area contributed by atoms with Crippen LogP contribution in [-0.4, -0.2) is 35.1 Å². The molecule has 2 rings (SSSR count). The Labute approximate surface area is 103 Å². The van der Waals surface area contributed by atoms with Gasteiger partial charge >= 0.3 is 0 Å². The first-order valence-corrected chi connectivity index (χ1v) is 5.96. The zero-order valence-electron chi connectivity index (χ0n) is 9.31. The van der Waals surface area contributed by atoms with Crippen LogP contribution in [0.1, 0.15) is 19.0 Å². The van der Waals surface area contributed by atoms with Crippen molar-refractivity contribution in [1.29, 1.82) is 0 Å². The number of pyridine rings is 1. The van der Waals surface area contributed by atoms with Crippen LogP contribution in [-0.2, 0) is 0 Å². The minimum absolute atomic E-state index is 0.675. The highest BCUT2D eigenvalue weighted by Gasteiger charge is 2.15. The van der Waals surface area contributed by atoms with E-state index < -0.39 is 0 Å². The predicted octanol–water partition coefficient (Wildman–Crippen LogP) is 2.30. The normalized spacial score (nSPS) is 15.8. The van der Waals surface area contributed by atoms with E-state index >= 15 is 0 Å². The summed E-state index contributed by atoms with van der Waals surface area (Å²) in [6.45, 7) is 2.76. The smallest absolute Gasteiger partial charge is 0.170 e. The monoisotopic (exact) mass is 280 g/mol. The molecule has 0 saturated carbocycles. The van der Waals surface area contributed by atoms with Crippen molar-refractivity contribution >= 4 is 27.5 Å². The molecule has 4 nitrogen and oxygen atoms in total. The summed E-state index contributed by atoms with van der Waals surface area (Å²) in [6.07, 6.45) is 2.71. The van der Waals surface area contributed by atoms with E-state index in [9.17, 15) is 0 Å². The molecule has 0 fully saturated rings. The van der Waals surface area contributed by atoms with Crippen molar-refractivity contribution in [2.45, 2.75) is 13.3 Å². The minimum atomic E-state index is 0.675. The lowest BCUT2D eigenvalue weighted by Gasteiger charge is -2.21. The quantitative estimate of drug-likeness (QED) is 0.834. The lowest BCUT2D eigenvalue weighted by molar-refractivity contribution is 0.529. The highest BCUT2D eigenvalue weighted by molar-refractivity contribution is 9.10. The first kappa shape index (κ1) is 11.3. The maximum Gasteiger partial charge on any atom is 0.170 e. The Kier molecular flexibility index (Phi) is 3.33. The third kappa shape index (κ3) is 2.29. The molecule has 2 heterocycles. The number of amidine groups is 1. The van der Waals surface area contributed by atoms with Crippen molar-refractivity contribution in [2.24, 2.45) is 10.1 Å². The molecule has 0 aliphatic carbocycles. The van der Waals surface area contributed by atoms with Crippen molar-refractivity contribution in [2.75, 3.05) is 13.6 Å². The largest absolute Gasteiger partial charge is 0.259 e. The number of aliphatic imine (C=N–C) groups is 1. The van der Waals surface area contributed by atoms with Gasteiger partial charge in [0.25, 0.3) is 0 Å². The Morgan fingerprint density at radius 1 is 1.44 bits per heavy atom. The van der Waals surface area contributed by atoms with Gasteiger partial charge in [-0.05, 0) is 34.5 Å². The lowest BCUT2D eigenvalue weighted by Crippen LogP contribution is -2.30. The van der Waals surface area contributed by atoms with Crippen LogP contribution >= 0.6 is 15.9 Å². The second-order valence-electron chi connectivity index (χ2n) is 3.54. The second kappa shape index (κ2) is 4.74. The van der Waals surface area contributed by atoms with Gasteiger partial charge in [-0.3, -0.25) is 9.98 Å². The van der Waals surface area contributed by atoms with E-state index in [1.165, 1.54) is 0 Å². The zero-order chi connectivity index (χ0) is 11.5. The van der Waals surface area contributed by atoms with Gasteiger partial charge in [-0.1, -0.05) is 6.92 Å². The maximum absolute atomic E-state index is 4.50. The Balaban J connectivity index is 2.24. The average Bonchev–Trinajstić information content (AvgIpc) is 2.30. The summed E-state index contributed by atoms with van der Waals surface area (Å²) in [7, 11) is 1.90. The van der Waals surface area contributed by atoms with E-state index in [1.807, 2.05) is 19.2 Å². The molecule has 1 aliphatic heterocycles. The molecule has 1 aliphatic rings. The van der Waals surface area contributed by atoms with Crippen LogP contribution in [0.15, 0.2) is 32.9 Å². The van der Waals surface area contributed by atoms with Crippen LogP contribution in [0.4, 0.5) is 0 Å². The number of hydrazone groups is 1. The van der Waals surface area contributed by atoms with Gasteiger partial charge in [-0.25, -0.2) is 5.01 Å². The van der Waals surface area contributed by atoms with Crippen LogP contribution in [0.3, 0.4) is 0 Å². The molecule has 0 N–H and O–H groups in total. The third-order valence-corrected chi connectivity index (χ3v) is 2.84. The van der Waals surface area contributed by atoms with E-state index in [0.717, 1.165) is 28.1 Å². The molecule has 1 aromatic rings. The average molecular weight is 281 g/mol. The van der Waals surface area contributed by atoms with Crippen LogP contribution in [0.25, 0.3) is 0 Å². The number of aromatic nitrogens is 1. The van der Waals surface area contributed by atoms with Gasteiger partial charge in [-0.15, -0.1) is 0 Å². The SMILES string of the molecule is CCC1=NN(C)C(c2ccc(Br)cn2)=NC1. The zero-order valence-corrected chi connectivity index (χ0v) is 10.9. The highest BCUT2D eigenvalue weighted by Crippen LogP contribution is 2.11. The lowest BCUT2D eigenvalue weighted by atomic mass is 10.2. The first-order chi connectivity index (χ1) is 7.70. The second-order valence-corrected chi connectivity index (χ2v) is 4.46. The van der Waals surface area contributed by atoms with Gasteiger partial charge in [0, 0.05) is 17.7 Å². The van der Waals surface area contributed by atoms with E-state index in [2.05, 4.69) is 37.9 Å². The van der Waals surface area contributed by atoms with Crippen LogP contribution < -0.4 is 0 Å². The van der Waals surface area contributed by atoms with Crippen molar-refractivity contribution in [3.63, 3.8) is 0 Å². The predicted molar refractivity (Wildman–Crippen MR) is 68.8 cm³/mol. The van der Waals surface area contributed by atoms with Gasteiger partial charge in [-0.2, -0.15) is 5.10 Å². The summed E-state index contributed by atoms with van der Waals surface area (Å²) in [4.78, 5) is 8.81. The molecule has 0 bridgehead atoms. The van der Waals surface area contributed by atoms with Gasteiger partial charge < -0.3 is 0 Å². The van der Waals surface area contributed by atoms with Crippen LogP contribution in [0, 0.1) is 0 Å². The molecule has 0 radical (unpaired) electrons. The Morgan fingerprint density at radius 3 is 2.81 bits per heavy atom. The molecular weight excluding hydrogens is 268 g/mol. The van der Waals surface area contributed by atoms with E-state index in [4.69, 9.17) is 0 Å². The molecule has 0 amide bonds. The van der Waals surface area contributed by atoms with Gasteiger partial charge in [0.05, 0.1) is 12.3 Å². The summed E-state index contributed by atoms with van der Waals surface area (Å²) < 4.78 is 0.966. The van der Waals surface area contributed by atoms with Crippen molar-refractivity contribution in [1.82, 2.24) is 9.99 Å². The van der Waals surface area contributed by atoms with Crippen molar-refractivity contribution in [3.8, 4) is 0 Å². The fourth-order valence-corrected chi connectivity index (χ4v) is 1.73. The fourth-order valence-electron chi connectivity index (χ4n) is 1.50. The minimum Gasteiger partial charge on any atom is -0.259 e. The molecule has 5 heteroatoms. The Morgan fingerprint density at radius 2 is 2.25 bits per heavy atom. The van der Waals surface area contributed by atoms with E-state index in [1.54, 1.807) is 11.2 Å². The highest BCUT2D eigenvalue weighted by atomic mass is 79.9. The van der Waals surface area contributed by atoms with Crippen LogP contribution in [0.5, 0.6) is 0 Å². The van der Waals surface area contributed by atoms with Gasteiger partial charge in [0.1, 0.15) is 5.69 Å². The molecule has 16 heavy (non-hydrogen) atoms. The number of hydrogen-bond donors (Lipinski definition) is 0. The first-order valence-electron chi connectivity index (χ1n) is 5.17. The molecule has 0 aromatic carbocycles. The third-order valence-electron chi connectivity index (χ3n) is 2.37. The van der Waals surface area contributed by atoms with Crippen molar-refractivity contribution < 1.29 is 0 Å². The van der Waals surface area contributed by atoms with Crippen LogP contribution in [0.2, 0.25) is 0 Å². The van der Waals surface area contributed by atoms with Crippen molar-refractivity contribution in [3.05, 3.63) is 28.5 Å². The molecule has 1 aromatic heterocycles. The number of rotatable bonds is 2.